The monoisotopic (exact) mass is 389 g/mol. The van der Waals surface area contributed by atoms with Gasteiger partial charge in [0.15, 0.2) is 0 Å². The number of rotatable bonds is 3. The van der Waals surface area contributed by atoms with E-state index in [1.54, 1.807) is 6.07 Å². The van der Waals surface area contributed by atoms with Crippen molar-refractivity contribution in [3.8, 4) is 0 Å². The minimum Gasteiger partial charge on any atom is -0.481 e. The van der Waals surface area contributed by atoms with Gasteiger partial charge in [-0.15, -0.1) is 0 Å². The van der Waals surface area contributed by atoms with Gasteiger partial charge in [0.05, 0.1) is 17.5 Å². The second-order valence-corrected chi connectivity index (χ2v) is 6.37. The van der Waals surface area contributed by atoms with E-state index in [0.29, 0.717) is 18.5 Å². The second kappa shape index (κ2) is 6.05. The van der Waals surface area contributed by atoms with E-state index >= 15 is 0 Å². The van der Waals surface area contributed by atoms with Crippen LogP contribution >= 0.6 is 31.9 Å². The zero-order valence-corrected chi connectivity index (χ0v) is 13.2. The number of nitrogens with one attached hydrogen (secondary N) is 1. The van der Waals surface area contributed by atoms with Gasteiger partial charge in [0.25, 0.3) is 0 Å². The number of amides is 1. The van der Waals surface area contributed by atoms with E-state index in [-0.39, 0.29) is 5.91 Å². The lowest BCUT2D eigenvalue weighted by Crippen LogP contribution is -2.30. The Morgan fingerprint density at radius 1 is 1.21 bits per heavy atom. The molecule has 1 aromatic carbocycles. The quantitative estimate of drug-likeness (QED) is 0.827. The average Bonchev–Trinajstić information content (AvgIpc) is 2.82. The van der Waals surface area contributed by atoms with Crippen molar-refractivity contribution in [1.82, 2.24) is 0 Å². The fourth-order valence-corrected chi connectivity index (χ4v) is 3.53. The summed E-state index contributed by atoms with van der Waals surface area (Å²) in [7, 11) is 0. The predicted molar refractivity (Wildman–Crippen MR) is 78.9 cm³/mol. The fraction of sp³-hybridized carbons (Fsp3) is 0.385. The lowest BCUT2D eigenvalue weighted by Gasteiger charge is -2.16. The summed E-state index contributed by atoms with van der Waals surface area (Å²) in [6, 6.07) is 5.43. The van der Waals surface area contributed by atoms with E-state index in [0.717, 1.165) is 15.4 Å². The highest BCUT2D eigenvalue weighted by atomic mass is 79.9. The lowest BCUT2D eigenvalue weighted by atomic mass is 9.95. The van der Waals surface area contributed by atoms with Crippen molar-refractivity contribution < 1.29 is 14.7 Å². The van der Waals surface area contributed by atoms with Crippen molar-refractivity contribution in [3.63, 3.8) is 0 Å². The van der Waals surface area contributed by atoms with E-state index in [2.05, 4.69) is 37.2 Å². The molecule has 1 aliphatic carbocycles. The largest absolute Gasteiger partial charge is 0.481 e. The summed E-state index contributed by atoms with van der Waals surface area (Å²) < 4.78 is 1.67. The van der Waals surface area contributed by atoms with Crippen LogP contribution in [0.4, 0.5) is 5.69 Å². The molecule has 2 N–H and O–H groups in total. The number of carboxylic acid groups (broad SMARTS) is 1. The molecule has 0 aromatic heterocycles. The predicted octanol–water partition coefficient (Wildman–Crippen LogP) is 3.65. The summed E-state index contributed by atoms with van der Waals surface area (Å²) in [6.07, 6.45) is 2.00. The van der Waals surface area contributed by atoms with Crippen molar-refractivity contribution in [2.45, 2.75) is 19.3 Å². The van der Waals surface area contributed by atoms with Crippen LogP contribution in [0.1, 0.15) is 19.3 Å². The molecule has 2 atom stereocenters. The summed E-state index contributed by atoms with van der Waals surface area (Å²) in [5.74, 6) is -2.09. The van der Waals surface area contributed by atoms with E-state index in [4.69, 9.17) is 5.11 Å². The fourth-order valence-electron chi connectivity index (χ4n) is 2.39. The first-order chi connectivity index (χ1) is 8.99. The normalized spacial score (nSPS) is 22.2. The summed E-state index contributed by atoms with van der Waals surface area (Å²) >= 11 is 6.70. The molecule has 1 amide bonds. The molecule has 1 saturated carbocycles. The third-order valence-corrected chi connectivity index (χ3v) is 4.51. The third-order valence-electron chi connectivity index (χ3n) is 3.36. The number of carboxylic acids is 1. The van der Waals surface area contributed by atoms with Gasteiger partial charge in [0.1, 0.15) is 0 Å². The molecule has 1 fully saturated rings. The van der Waals surface area contributed by atoms with Crippen LogP contribution in [0.15, 0.2) is 27.1 Å². The number of hydrogen-bond donors (Lipinski definition) is 2. The maximum Gasteiger partial charge on any atom is 0.307 e. The molecular weight excluding hydrogens is 378 g/mol. The second-order valence-electron chi connectivity index (χ2n) is 4.60. The van der Waals surface area contributed by atoms with E-state index in [1.165, 1.54) is 0 Å². The van der Waals surface area contributed by atoms with Crippen LogP contribution in [0.3, 0.4) is 0 Å². The summed E-state index contributed by atoms with van der Waals surface area (Å²) in [4.78, 5) is 23.2. The molecule has 6 heteroatoms. The molecular formula is C13H13Br2NO3. The van der Waals surface area contributed by atoms with E-state index in [9.17, 15) is 9.59 Å². The summed E-state index contributed by atoms with van der Waals surface area (Å²) in [5, 5.41) is 11.9. The summed E-state index contributed by atoms with van der Waals surface area (Å²) in [6.45, 7) is 0. The first kappa shape index (κ1) is 14.5. The summed E-state index contributed by atoms with van der Waals surface area (Å²) in [5.41, 5.74) is 0.657. The molecule has 0 radical (unpaired) electrons. The lowest BCUT2D eigenvalue weighted by molar-refractivity contribution is -0.145. The molecule has 0 unspecified atom stereocenters. The van der Waals surface area contributed by atoms with Gasteiger partial charge in [0.2, 0.25) is 5.91 Å². The standard InChI is InChI=1S/C13H13Br2NO3/c14-7-4-5-11(10(15)6-7)16-12(17)8-2-1-3-9(8)13(18)19/h4-6,8-9H,1-3H2,(H,16,17)(H,18,19)/t8-,9+/m1/s1. The zero-order valence-electron chi connectivity index (χ0n) is 10.0. The molecule has 1 aromatic rings. The van der Waals surface area contributed by atoms with Crippen LogP contribution < -0.4 is 5.32 Å². The van der Waals surface area contributed by atoms with Gasteiger partial charge in [-0.05, 0) is 47.0 Å². The molecule has 102 valence electrons. The third kappa shape index (κ3) is 3.36. The number of hydrogen-bond acceptors (Lipinski definition) is 2. The Bertz CT molecular complexity index is 519. The van der Waals surface area contributed by atoms with Gasteiger partial charge in [-0.3, -0.25) is 9.59 Å². The van der Waals surface area contributed by atoms with Gasteiger partial charge < -0.3 is 10.4 Å². The number of anilines is 1. The topological polar surface area (TPSA) is 66.4 Å². The zero-order chi connectivity index (χ0) is 14.0. The minimum atomic E-state index is -0.882. The highest BCUT2D eigenvalue weighted by Crippen LogP contribution is 2.34. The molecule has 4 nitrogen and oxygen atoms in total. The number of benzene rings is 1. The van der Waals surface area contributed by atoms with Crippen LogP contribution in [0.5, 0.6) is 0 Å². The molecule has 0 spiro atoms. The molecule has 1 aliphatic rings. The van der Waals surface area contributed by atoms with Crippen LogP contribution in [-0.2, 0) is 9.59 Å². The van der Waals surface area contributed by atoms with Crippen LogP contribution in [0.25, 0.3) is 0 Å². The maximum atomic E-state index is 12.2. The molecule has 0 heterocycles. The number of aliphatic carboxylic acids is 1. The molecule has 2 rings (SSSR count). The van der Waals surface area contributed by atoms with E-state index < -0.39 is 17.8 Å². The Morgan fingerprint density at radius 2 is 1.89 bits per heavy atom. The van der Waals surface area contributed by atoms with Crippen molar-refractivity contribution in [2.75, 3.05) is 5.32 Å². The smallest absolute Gasteiger partial charge is 0.307 e. The van der Waals surface area contributed by atoms with Crippen LogP contribution in [0, 0.1) is 11.8 Å². The molecule has 0 bridgehead atoms. The minimum absolute atomic E-state index is 0.215. The number of carbonyl (C=O) groups is 2. The highest BCUT2D eigenvalue weighted by molar-refractivity contribution is 9.11. The Labute approximate surface area is 127 Å². The Morgan fingerprint density at radius 3 is 2.53 bits per heavy atom. The molecule has 0 saturated heterocycles. The first-order valence-electron chi connectivity index (χ1n) is 5.98. The van der Waals surface area contributed by atoms with Gasteiger partial charge in [-0.25, -0.2) is 0 Å². The van der Waals surface area contributed by atoms with Gasteiger partial charge >= 0.3 is 5.97 Å². The molecule has 0 aliphatic heterocycles. The van der Waals surface area contributed by atoms with Gasteiger partial charge in [-0.2, -0.15) is 0 Å². The number of halogens is 2. The molecule has 19 heavy (non-hydrogen) atoms. The Hall–Kier alpha value is -0.880. The van der Waals surface area contributed by atoms with Crippen molar-refractivity contribution in [3.05, 3.63) is 27.1 Å². The number of carbonyl (C=O) groups excluding carboxylic acids is 1. The van der Waals surface area contributed by atoms with Crippen LogP contribution in [-0.4, -0.2) is 17.0 Å². The van der Waals surface area contributed by atoms with Crippen molar-refractivity contribution in [2.24, 2.45) is 11.8 Å². The van der Waals surface area contributed by atoms with Gasteiger partial charge in [0, 0.05) is 8.95 Å². The SMILES string of the molecule is O=C(O)[C@H]1CCC[C@H]1C(=O)Nc1ccc(Br)cc1Br. The van der Waals surface area contributed by atoms with Gasteiger partial charge in [-0.1, -0.05) is 22.4 Å². The maximum absolute atomic E-state index is 12.2. The van der Waals surface area contributed by atoms with Crippen molar-refractivity contribution >= 4 is 49.4 Å². The Kier molecular flexibility index (Phi) is 4.62. The van der Waals surface area contributed by atoms with Crippen molar-refractivity contribution in [1.29, 1.82) is 0 Å². The Balaban J connectivity index is 2.10. The van der Waals surface area contributed by atoms with Crippen LogP contribution in [0.2, 0.25) is 0 Å². The first-order valence-corrected chi connectivity index (χ1v) is 7.56. The van der Waals surface area contributed by atoms with E-state index in [1.807, 2.05) is 12.1 Å². The highest BCUT2D eigenvalue weighted by Gasteiger charge is 2.37. The average molecular weight is 391 g/mol.